The summed E-state index contributed by atoms with van der Waals surface area (Å²) in [5.41, 5.74) is 1.91. The Bertz CT molecular complexity index is 881. The standard InChI is InChI=1S/C22H23NO2/c1-15(2)18-11-6-7-14-21(18)25-16(3)22(24)23-20-13-8-10-17-9-4-5-12-19(17)20/h4-16H,1-3H3,(H,23,24)/t16-/m0/s1. The lowest BCUT2D eigenvalue weighted by Crippen LogP contribution is -2.30. The van der Waals surface area contributed by atoms with Crippen molar-refractivity contribution in [2.75, 3.05) is 5.32 Å². The normalized spacial score (nSPS) is 12.2. The largest absolute Gasteiger partial charge is 0.481 e. The molecular weight excluding hydrogens is 310 g/mol. The number of anilines is 1. The number of carbonyl (C=O) groups is 1. The summed E-state index contributed by atoms with van der Waals surface area (Å²) in [5.74, 6) is 0.942. The number of para-hydroxylation sites is 1. The molecule has 3 aromatic carbocycles. The molecule has 0 spiro atoms. The third-order valence-corrected chi connectivity index (χ3v) is 4.26. The lowest BCUT2D eigenvalue weighted by atomic mass is 10.0. The molecule has 0 bridgehead atoms. The van der Waals surface area contributed by atoms with Crippen molar-refractivity contribution in [3.05, 3.63) is 72.3 Å². The number of carbonyl (C=O) groups excluding carboxylic acids is 1. The molecule has 3 aromatic rings. The van der Waals surface area contributed by atoms with E-state index in [9.17, 15) is 4.79 Å². The molecule has 0 aromatic heterocycles. The number of nitrogens with one attached hydrogen (secondary N) is 1. The van der Waals surface area contributed by atoms with Gasteiger partial charge in [0, 0.05) is 11.1 Å². The van der Waals surface area contributed by atoms with Gasteiger partial charge in [-0.3, -0.25) is 4.79 Å². The fourth-order valence-electron chi connectivity index (χ4n) is 2.88. The monoisotopic (exact) mass is 333 g/mol. The van der Waals surface area contributed by atoms with E-state index in [0.29, 0.717) is 5.92 Å². The number of rotatable bonds is 5. The molecule has 3 heteroatoms. The van der Waals surface area contributed by atoms with E-state index in [0.717, 1.165) is 27.8 Å². The van der Waals surface area contributed by atoms with Gasteiger partial charge in [0.05, 0.1) is 0 Å². The van der Waals surface area contributed by atoms with Gasteiger partial charge in [-0.05, 0) is 35.9 Å². The maximum atomic E-state index is 12.6. The van der Waals surface area contributed by atoms with Crippen molar-refractivity contribution in [1.82, 2.24) is 0 Å². The van der Waals surface area contributed by atoms with Gasteiger partial charge in [0.2, 0.25) is 0 Å². The minimum absolute atomic E-state index is 0.157. The van der Waals surface area contributed by atoms with E-state index >= 15 is 0 Å². The van der Waals surface area contributed by atoms with Gasteiger partial charge >= 0.3 is 0 Å². The highest BCUT2D eigenvalue weighted by Gasteiger charge is 2.18. The molecule has 1 atom stereocenters. The second-order valence-corrected chi connectivity index (χ2v) is 6.47. The second kappa shape index (κ2) is 7.39. The van der Waals surface area contributed by atoms with Crippen LogP contribution < -0.4 is 10.1 Å². The van der Waals surface area contributed by atoms with Crippen molar-refractivity contribution in [3.8, 4) is 5.75 Å². The molecule has 0 fully saturated rings. The summed E-state index contributed by atoms with van der Waals surface area (Å²) in [6.07, 6.45) is -0.584. The third kappa shape index (κ3) is 3.82. The average Bonchev–Trinajstić information content (AvgIpc) is 2.62. The zero-order chi connectivity index (χ0) is 17.8. The maximum Gasteiger partial charge on any atom is 0.265 e. The van der Waals surface area contributed by atoms with E-state index in [1.54, 1.807) is 6.92 Å². The van der Waals surface area contributed by atoms with Crippen molar-refractivity contribution in [1.29, 1.82) is 0 Å². The van der Waals surface area contributed by atoms with E-state index in [1.165, 1.54) is 0 Å². The molecule has 25 heavy (non-hydrogen) atoms. The number of benzene rings is 3. The first-order valence-electron chi connectivity index (χ1n) is 8.60. The summed E-state index contributed by atoms with van der Waals surface area (Å²) >= 11 is 0. The van der Waals surface area contributed by atoms with E-state index < -0.39 is 6.10 Å². The summed E-state index contributed by atoms with van der Waals surface area (Å²) in [4.78, 5) is 12.6. The van der Waals surface area contributed by atoms with Gasteiger partial charge in [0.15, 0.2) is 6.10 Å². The lowest BCUT2D eigenvalue weighted by molar-refractivity contribution is -0.122. The Balaban J connectivity index is 1.77. The SMILES string of the molecule is CC(C)c1ccccc1O[C@@H](C)C(=O)Nc1cccc2ccccc12. The molecule has 0 saturated carbocycles. The molecule has 0 aliphatic heterocycles. The molecule has 3 nitrogen and oxygen atoms in total. The quantitative estimate of drug-likeness (QED) is 0.682. The first-order valence-corrected chi connectivity index (χ1v) is 8.60. The Morgan fingerprint density at radius 3 is 2.36 bits per heavy atom. The van der Waals surface area contributed by atoms with Gasteiger partial charge < -0.3 is 10.1 Å². The Hall–Kier alpha value is -2.81. The van der Waals surface area contributed by atoms with Gasteiger partial charge in [0.1, 0.15) is 5.75 Å². The Labute approximate surface area is 148 Å². The molecule has 0 heterocycles. The van der Waals surface area contributed by atoms with Crippen LogP contribution in [0, 0.1) is 0 Å². The first kappa shape index (κ1) is 17.0. The van der Waals surface area contributed by atoms with Crippen LogP contribution >= 0.6 is 0 Å². The molecule has 1 amide bonds. The minimum Gasteiger partial charge on any atom is -0.481 e. The van der Waals surface area contributed by atoms with Crippen molar-refractivity contribution in [3.63, 3.8) is 0 Å². The van der Waals surface area contributed by atoms with Crippen LogP contribution in [0.4, 0.5) is 5.69 Å². The topological polar surface area (TPSA) is 38.3 Å². The van der Waals surface area contributed by atoms with Crippen LogP contribution in [0.3, 0.4) is 0 Å². The van der Waals surface area contributed by atoms with Crippen LogP contribution in [-0.4, -0.2) is 12.0 Å². The summed E-state index contributed by atoms with van der Waals surface area (Å²) < 4.78 is 5.94. The molecule has 0 aliphatic carbocycles. The molecule has 0 radical (unpaired) electrons. The number of hydrogen-bond donors (Lipinski definition) is 1. The Morgan fingerprint density at radius 1 is 0.880 bits per heavy atom. The summed E-state index contributed by atoms with van der Waals surface area (Å²) in [6, 6.07) is 21.7. The Kier molecular flexibility index (Phi) is 5.03. The van der Waals surface area contributed by atoms with Crippen molar-refractivity contribution in [2.45, 2.75) is 32.8 Å². The second-order valence-electron chi connectivity index (χ2n) is 6.47. The van der Waals surface area contributed by atoms with Crippen LogP contribution in [0.2, 0.25) is 0 Å². The molecule has 0 unspecified atom stereocenters. The van der Waals surface area contributed by atoms with Crippen molar-refractivity contribution in [2.24, 2.45) is 0 Å². The zero-order valence-electron chi connectivity index (χ0n) is 14.8. The molecular formula is C22H23NO2. The van der Waals surface area contributed by atoms with Crippen LogP contribution in [0.5, 0.6) is 5.75 Å². The Morgan fingerprint density at radius 2 is 1.56 bits per heavy atom. The van der Waals surface area contributed by atoms with E-state index in [2.05, 4.69) is 19.2 Å². The average molecular weight is 333 g/mol. The molecule has 0 aliphatic rings. The van der Waals surface area contributed by atoms with Gasteiger partial charge in [0.25, 0.3) is 5.91 Å². The smallest absolute Gasteiger partial charge is 0.265 e. The van der Waals surface area contributed by atoms with Gasteiger partial charge in [-0.1, -0.05) is 68.4 Å². The highest BCUT2D eigenvalue weighted by Crippen LogP contribution is 2.27. The highest BCUT2D eigenvalue weighted by atomic mass is 16.5. The minimum atomic E-state index is -0.584. The van der Waals surface area contributed by atoms with E-state index in [1.807, 2.05) is 66.7 Å². The highest BCUT2D eigenvalue weighted by molar-refractivity contribution is 6.03. The number of hydrogen-bond acceptors (Lipinski definition) is 2. The van der Waals surface area contributed by atoms with Crippen molar-refractivity contribution < 1.29 is 9.53 Å². The van der Waals surface area contributed by atoms with Crippen LogP contribution in [-0.2, 0) is 4.79 Å². The first-order chi connectivity index (χ1) is 12.1. The summed E-state index contributed by atoms with van der Waals surface area (Å²) in [6.45, 7) is 6.00. The predicted octanol–water partition coefficient (Wildman–Crippen LogP) is 5.37. The van der Waals surface area contributed by atoms with Gasteiger partial charge in [-0.15, -0.1) is 0 Å². The fourth-order valence-corrected chi connectivity index (χ4v) is 2.88. The molecule has 1 N–H and O–H groups in total. The lowest BCUT2D eigenvalue weighted by Gasteiger charge is -2.19. The van der Waals surface area contributed by atoms with E-state index in [4.69, 9.17) is 4.74 Å². The van der Waals surface area contributed by atoms with Crippen LogP contribution in [0.25, 0.3) is 10.8 Å². The van der Waals surface area contributed by atoms with E-state index in [-0.39, 0.29) is 5.91 Å². The number of fused-ring (bicyclic) bond motifs is 1. The van der Waals surface area contributed by atoms with Gasteiger partial charge in [-0.2, -0.15) is 0 Å². The van der Waals surface area contributed by atoms with Crippen LogP contribution in [0.15, 0.2) is 66.7 Å². The predicted molar refractivity (Wildman–Crippen MR) is 103 cm³/mol. The van der Waals surface area contributed by atoms with Crippen LogP contribution in [0.1, 0.15) is 32.3 Å². The third-order valence-electron chi connectivity index (χ3n) is 4.26. The maximum absolute atomic E-state index is 12.6. The summed E-state index contributed by atoms with van der Waals surface area (Å²) in [7, 11) is 0. The zero-order valence-corrected chi connectivity index (χ0v) is 14.8. The molecule has 0 saturated heterocycles. The van der Waals surface area contributed by atoms with Crippen molar-refractivity contribution >= 4 is 22.4 Å². The molecule has 3 rings (SSSR count). The number of amides is 1. The van der Waals surface area contributed by atoms with Gasteiger partial charge in [-0.25, -0.2) is 0 Å². The number of ether oxygens (including phenoxy) is 1. The molecule has 128 valence electrons. The summed E-state index contributed by atoms with van der Waals surface area (Å²) in [5, 5.41) is 5.11. The fraction of sp³-hybridized carbons (Fsp3) is 0.227.